The number of halogens is 1. The zero-order valence-corrected chi connectivity index (χ0v) is 16.5. The summed E-state index contributed by atoms with van der Waals surface area (Å²) < 4.78 is 1.06. The molecule has 1 heteroatoms. The molecule has 4 rings (SSSR count). The van der Waals surface area contributed by atoms with Crippen molar-refractivity contribution in [3.05, 3.63) is 108 Å². The van der Waals surface area contributed by atoms with E-state index in [-0.39, 0.29) is 0 Å². The van der Waals surface area contributed by atoms with Crippen LogP contribution in [0, 0.1) is 0 Å². The lowest BCUT2D eigenvalue weighted by Gasteiger charge is -2.20. The van der Waals surface area contributed by atoms with Gasteiger partial charge in [0.25, 0.3) is 0 Å². The summed E-state index contributed by atoms with van der Waals surface area (Å²) in [5.74, 6) is 0. The highest BCUT2D eigenvalue weighted by atomic mass is 79.9. The van der Waals surface area contributed by atoms with Crippen molar-refractivity contribution in [2.75, 3.05) is 0 Å². The van der Waals surface area contributed by atoms with E-state index in [9.17, 15) is 0 Å². The Morgan fingerprint density at radius 1 is 0.593 bits per heavy atom. The van der Waals surface area contributed by atoms with Crippen molar-refractivity contribution in [2.24, 2.45) is 0 Å². The molecule has 0 aliphatic rings. The Morgan fingerprint density at radius 2 is 1.11 bits per heavy atom. The summed E-state index contributed by atoms with van der Waals surface area (Å²) in [6.07, 6.45) is 3.90. The molecule has 0 atom stereocenters. The van der Waals surface area contributed by atoms with Crippen molar-refractivity contribution in [3.8, 4) is 22.3 Å². The molecule has 4 aromatic carbocycles. The SMILES string of the molecule is C=Cc1c(C=C)c(-c2cccc(Br)c2)c2ccccc2c1-c1ccccc1. The third-order valence-corrected chi connectivity index (χ3v) is 5.37. The standard InChI is InChI=1S/C26H19Br/c1-3-21-22(4-2)26(19-13-10-14-20(27)17-19)24-16-9-8-15-23(24)25(21)18-11-6-5-7-12-18/h3-17H,1-2H2. The molecule has 0 fully saturated rings. The van der Waals surface area contributed by atoms with Gasteiger partial charge in [-0.2, -0.15) is 0 Å². The fourth-order valence-electron chi connectivity index (χ4n) is 3.77. The molecular formula is C26H19Br. The molecule has 130 valence electrons. The zero-order valence-electron chi connectivity index (χ0n) is 15.0. The molecule has 0 aliphatic carbocycles. The summed E-state index contributed by atoms with van der Waals surface area (Å²) in [7, 11) is 0. The summed E-state index contributed by atoms with van der Waals surface area (Å²) in [4.78, 5) is 0. The van der Waals surface area contributed by atoms with E-state index in [1.54, 1.807) is 0 Å². The lowest BCUT2D eigenvalue weighted by Crippen LogP contribution is -1.95. The molecule has 0 unspecified atom stereocenters. The Hall–Kier alpha value is -2.90. The average molecular weight is 411 g/mol. The van der Waals surface area contributed by atoms with Gasteiger partial charge in [-0.25, -0.2) is 0 Å². The molecule has 4 aromatic rings. The van der Waals surface area contributed by atoms with Crippen molar-refractivity contribution in [1.29, 1.82) is 0 Å². The summed E-state index contributed by atoms with van der Waals surface area (Å²) in [5, 5.41) is 2.44. The van der Waals surface area contributed by atoms with Crippen LogP contribution >= 0.6 is 15.9 Å². The lowest BCUT2D eigenvalue weighted by molar-refractivity contribution is 1.57. The fraction of sp³-hybridized carbons (Fsp3) is 0. The van der Waals surface area contributed by atoms with Crippen LogP contribution in [0.15, 0.2) is 96.5 Å². The molecule has 0 saturated carbocycles. The van der Waals surface area contributed by atoms with Gasteiger partial charge < -0.3 is 0 Å². The minimum absolute atomic E-state index is 1.06. The smallest absolute Gasteiger partial charge is 0.0181 e. The quantitative estimate of drug-likeness (QED) is 0.317. The van der Waals surface area contributed by atoms with E-state index in [1.807, 2.05) is 24.3 Å². The van der Waals surface area contributed by atoms with Crippen LogP contribution in [0.2, 0.25) is 0 Å². The maximum absolute atomic E-state index is 4.13. The van der Waals surface area contributed by atoms with Crippen LogP contribution < -0.4 is 0 Å². The third-order valence-electron chi connectivity index (χ3n) is 4.88. The molecule has 0 amide bonds. The Morgan fingerprint density at radius 3 is 1.67 bits per heavy atom. The maximum Gasteiger partial charge on any atom is 0.0181 e. The largest absolute Gasteiger partial charge is 0.0984 e. The molecule has 0 saturated heterocycles. The minimum atomic E-state index is 1.06. The first kappa shape index (κ1) is 17.5. The molecule has 0 aromatic heterocycles. The number of fused-ring (bicyclic) bond motifs is 1. The minimum Gasteiger partial charge on any atom is -0.0984 e. The predicted octanol–water partition coefficient (Wildman–Crippen LogP) is 8.22. The molecule has 0 spiro atoms. The highest BCUT2D eigenvalue weighted by Gasteiger charge is 2.18. The lowest BCUT2D eigenvalue weighted by atomic mass is 9.83. The molecular weight excluding hydrogens is 392 g/mol. The number of hydrogen-bond donors (Lipinski definition) is 0. The van der Waals surface area contributed by atoms with Gasteiger partial charge in [-0.1, -0.05) is 108 Å². The summed E-state index contributed by atoms with van der Waals surface area (Å²) in [5.41, 5.74) is 6.97. The molecule has 0 N–H and O–H groups in total. The Bertz CT molecular complexity index is 1150. The summed E-state index contributed by atoms with van der Waals surface area (Å²) in [6, 6.07) is 27.5. The second kappa shape index (κ2) is 7.38. The first-order valence-corrected chi connectivity index (χ1v) is 9.69. The number of benzene rings is 4. The van der Waals surface area contributed by atoms with Crippen LogP contribution in [-0.4, -0.2) is 0 Å². The van der Waals surface area contributed by atoms with E-state index in [0.29, 0.717) is 0 Å². The van der Waals surface area contributed by atoms with E-state index >= 15 is 0 Å². The maximum atomic E-state index is 4.13. The Balaban J connectivity index is 2.21. The number of hydrogen-bond acceptors (Lipinski definition) is 0. The summed E-state index contributed by atoms with van der Waals surface area (Å²) >= 11 is 3.61. The Kier molecular flexibility index (Phi) is 4.79. The van der Waals surface area contributed by atoms with Gasteiger partial charge in [-0.15, -0.1) is 0 Å². The third kappa shape index (κ3) is 3.05. The fourth-order valence-corrected chi connectivity index (χ4v) is 4.17. The topological polar surface area (TPSA) is 0 Å². The molecule has 0 radical (unpaired) electrons. The van der Waals surface area contributed by atoms with Crippen LogP contribution in [0.4, 0.5) is 0 Å². The Labute approximate surface area is 168 Å². The van der Waals surface area contributed by atoms with Crippen molar-refractivity contribution >= 4 is 38.9 Å². The molecule has 0 heterocycles. The van der Waals surface area contributed by atoms with Gasteiger partial charge in [0.2, 0.25) is 0 Å². The van der Waals surface area contributed by atoms with Crippen molar-refractivity contribution in [1.82, 2.24) is 0 Å². The van der Waals surface area contributed by atoms with Crippen LogP contribution in [0.3, 0.4) is 0 Å². The van der Waals surface area contributed by atoms with E-state index < -0.39 is 0 Å². The molecule has 27 heavy (non-hydrogen) atoms. The average Bonchev–Trinajstić information content (AvgIpc) is 2.72. The van der Waals surface area contributed by atoms with Gasteiger partial charge in [0.1, 0.15) is 0 Å². The van der Waals surface area contributed by atoms with Gasteiger partial charge in [-0.05, 0) is 56.3 Å². The van der Waals surface area contributed by atoms with Crippen LogP contribution in [-0.2, 0) is 0 Å². The monoisotopic (exact) mass is 410 g/mol. The van der Waals surface area contributed by atoms with Crippen LogP contribution in [0.5, 0.6) is 0 Å². The van der Waals surface area contributed by atoms with Gasteiger partial charge >= 0.3 is 0 Å². The number of rotatable bonds is 4. The van der Waals surface area contributed by atoms with Crippen molar-refractivity contribution in [3.63, 3.8) is 0 Å². The van der Waals surface area contributed by atoms with E-state index in [4.69, 9.17) is 0 Å². The molecule has 0 nitrogen and oxygen atoms in total. The summed E-state index contributed by atoms with van der Waals surface area (Å²) in [6.45, 7) is 8.26. The normalized spacial score (nSPS) is 10.7. The van der Waals surface area contributed by atoms with E-state index in [2.05, 4.69) is 95.8 Å². The highest BCUT2D eigenvalue weighted by molar-refractivity contribution is 9.10. The molecule has 0 aliphatic heterocycles. The molecule has 0 bridgehead atoms. The van der Waals surface area contributed by atoms with E-state index in [0.717, 1.165) is 21.2 Å². The van der Waals surface area contributed by atoms with Crippen molar-refractivity contribution in [2.45, 2.75) is 0 Å². The second-order valence-corrected chi connectivity index (χ2v) is 7.32. The van der Waals surface area contributed by atoms with Gasteiger partial charge in [0.05, 0.1) is 0 Å². The van der Waals surface area contributed by atoms with Crippen LogP contribution in [0.1, 0.15) is 11.1 Å². The predicted molar refractivity (Wildman–Crippen MR) is 123 cm³/mol. The highest BCUT2D eigenvalue weighted by Crippen LogP contribution is 2.43. The van der Waals surface area contributed by atoms with Crippen LogP contribution in [0.25, 0.3) is 45.2 Å². The first-order chi connectivity index (χ1) is 13.2. The van der Waals surface area contributed by atoms with Gasteiger partial charge in [0, 0.05) is 4.47 Å². The van der Waals surface area contributed by atoms with Crippen molar-refractivity contribution < 1.29 is 0 Å². The first-order valence-electron chi connectivity index (χ1n) is 8.89. The van der Waals surface area contributed by atoms with Gasteiger partial charge in [0.15, 0.2) is 0 Å². The van der Waals surface area contributed by atoms with Gasteiger partial charge in [-0.3, -0.25) is 0 Å². The van der Waals surface area contributed by atoms with E-state index in [1.165, 1.54) is 27.5 Å². The zero-order chi connectivity index (χ0) is 18.8. The second-order valence-electron chi connectivity index (χ2n) is 6.41.